The van der Waals surface area contributed by atoms with Gasteiger partial charge in [-0.15, -0.1) is 0 Å². The summed E-state index contributed by atoms with van der Waals surface area (Å²) < 4.78 is 29.9. The molecule has 0 N–H and O–H groups in total. The average molecular weight is 281 g/mol. The van der Waals surface area contributed by atoms with Crippen molar-refractivity contribution in [3.8, 4) is 5.75 Å². The molecule has 1 aromatic rings. The molecular formula is C14H19NO3S. The zero-order chi connectivity index (χ0) is 14.3. The van der Waals surface area contributed by atoms with Crippen LogP contribution in [0.2, 0.25) is 0 Å². The van der Waals surface area contributed by atoms with Crippen LogP contribution in [-0.2, 0) is 16.6 Å². The number of benzene rings is 1. The zero-order valence-corrected chi connectivity index (χ0v) is 12.5. The minimum atomic E-state index is -3.16. The van der Waals surface area contributed by atoms with E-state index in [4.69, 9.17) is 4.74 Å². The number of nitrogens with zero attached hydrogens (tertiary/aromatic N) is 1. The Morgan fingerprint density at radius 1 is 1.32 bits per heavy atom. The highest BCUT2D eigenvalue weighted by molar-refractivity contribution is 7.88. The van der Waals surface area contributed by atoms with Crippen LogP contribution < -0.4 is 4.74 Å². The molecule has 0 radical (unpaired) electrons. The second kappa shape index (κ2) is 4.65. The van der Waals surface area contributed by atoms with E-state index in [0.29, 0.717) is 6.54 Å². The van der Waals surface area contributed by atoms with Gasteiger partial charge in [-0.05, 0) is 37.6 Å². The summed E-state index contributed by atoms with van der Waals surface area (Å²) in [5.74, 6) is 0.832. The highest BCUT2D eigenvalue weighted by Crippen LogP contribution is 2.31. The second-order valence-electron chi connectivity index (χ2n) is 5.43. The molecule has 19 heavy (non-hydrogen) atoms. The molecule has 0 bridgehead atoms. The van der Waals surface area contributed by atoms with Crippen molar-refractivity contribution in [2.24, 2.45) is 0 Å². The number of fused-ring (bicyclic) bond motifs is 1. The Morgan fingerprint density at radius 2 is 2.00 bits per heavy atom. The Morgan fingerprint density at radius 3 is 2.63 bits per heavy atom. The molecule has 0 aromatic heterocycles. The molecule has 0 spiro atoms. The Hall–Kier alpha value is -1.33. The summed E-state index contributed by atoms with van der Waals surface area (Å²) in [4.78, 5) is 0. The molecule has 1 heterocycles. The van der Waals surface area contributed by atoms with Crippen LogP contribution in [0.25, 0.3) is 6.08 Å². The van der Waals surface area contributed by atoms with Gasteiger partial charge in [-0.3, -0.25) is 0 Å². The van der Waals surface area contributed by atoms with Crippen molar-refractivity contribution in [1.29, 1.82) is 0 Å². The summed E-state index contributed by atoms with van der Waals surface area (Å²) >= 11 is 0. The molecular weight excluding hydrogens is 262 g/mol. The molecule has 0 unspecified atom stereocenters. The van der Waals surface area contributed by atoms with E-state index in [-0.39, 0.29) is 5.60 Å². The van der Waals surface area contributed by atoms with E-state index in [0.717, 1.165) is 16.9 Å². The van der Waals surface area contributed by atoms with Crippen LogP contribution in [0.15, 0.2) is 24.3 Å². The first-order valence-electron chi connectivity index (χ1n) is 6.10. The van der Waals surface area contributed by atoms with Crippen LogP contribution >= 0.6 is 0 Å². The van der Waals surface area contributed by atoms with E-state index in [1.807, 2.05) is 44.2 Å². The summed E-state index contributed by atoms with van der Waals surface area (Å²) in [5, 5.41) is 0. The molecule has 2 rings (SSSR count). The maximum absolute atomic E-state index is 11.4. The molecule has 1 aliphatic rings. The van der Waals surface area contributed by atoms with E-state index >= 15 is 0 Å². The molecule has 0 saturated carbocycles. The summed E-state index contributed by atoms with van der Waals surface area (Å²) in [6.07, 6.45) is 5.22. The van der Waals surface area contributed by atoms with E-state index in [1.165, 1.54) is 10.6 Å². The topological polar surface area (TPSA) is 46.6 Å². The van der Waals surface area contributed by atoms with E-state index in [2.05, 4.69) is 0 Å². The lowest BCUT2D eigenvalue weighted by Crippen LogP contribution is -2.28. The lowest BCUT2D eigenvalue weighted by atomic mass is 10.0. The van der Waals surface area contributed by atoms with Gasteiger partial charge in [-0.1, -0.05) is 12.1 Å². The first-order chi connectivity index (χ1) is 8.67. The lowest BCUT2D eigenvalue weighted by molar-refractivity contribution is 0.159. The van der Waals surface area contributed by atoms with Gasteiger partial charge in [0.2, 0.25) is 10.0 Å². The van der Waals surface area contributed by atoms with E-state index in [9.17, 15) is 8.42 Å². The van der Waals surface area contributed by atoms with E-state index < -0.39 is 10.0 Å². The van der Waals surface area contributed by atoms with Crippen LogP contribution in [0.5, 0.6) is 5.75 Å². The minimum absolute atomic E-state index is 0.294. The Kier molecular flexibility index (Phi) is 3.45. The summed E-state index contributed by atoms with van der Waals surface area (Å²) in [5.41, 5.74) is 1.64. The third-order valence-corrected chi connectivity index (χ3v) is 4.34. The smallest absolute Gasteiger partial charge is 0.211 e. The maximum Gasteiger partial charge on any atom is 0.211 e. The largest absolute Gasteiger partial charge is 0.483 e. The normalized spacial score (nSPS) is 17.1. The van der Waals surface area contributed by atoms with Crippen LogP contribution in [-0.4, -0.2) is 31.6 Å². The molecule has 1 aromatic carbocycles. The Labute approximate surface area is 114 Å². The monoisotopic (exact) mass is 281 g/mol. The number of hydrogen-bond donors (Lipinski definition) is 0. The molecule has 5 heteroatoms. The standard InChI is InChI=1S/C14H19NO3S/c1-14(2)8-7-12-9-11(5-6-13(12)18-14)10-15(3)19(4,16)17/h5-9H,10H2,1-4H3. The fourth-order valence-electron chi connectivity index (χ4n) is 1.90. The molecule has 4 nitrogen and oxygen atoms in total. The fraction of sp³-hybridized carbons (Fsp3) is 0.429. The quantitative estimate of drug-likeness (QED) is 0.854. The Bertz CT molecular complexity index is 618. The number of sulfonamides is 1. The molecule has 104 valence electrons. The van der Waals surface area contributed by atoms with Crippen LogP contribution in [0, 0.1) is 0 Å². The van der Waals surface area contributed by atoms with Gasteiger partial charge in [0.15, 0.2) is 0 Å². The highest BCUT2D eigenvalue weighted by Gasteiger charge is 2.21. The van der Waals surface area contributed by atoms with Gasteiger partial charge in [-0.25, -0.2) is 12.7 Å². The number of rotatable bonds is 3. The van der Waals surface area contributed by atoms with Crippen LogP contribution in [0.1, 0.15) is 25.0 Å². The first-order valence-corrected chi connectivity index (χ1v) is 7.95. The summed E-state index contributed by atoms with van der Waals surface area (Å²) in [7, 11) is -1.58. The van der Waals surface area contributed by atoms with Gasteiger partial charge in [0, 0.05) is 19.2 Å². The molecule has 0 aliphatic carbocycles. The van der Waals surface area contributed by atoms with Crippen molar-refractivity contribution in [2.45, 2.75) is 26.0 Å². The zero-order valence-electron chi connectivity index (χ0n) is 11.7. The highest BCUT2D eigenvalue weighted by atomic mass is 32.2. The number of ether oxygens (including phenoxy) is 1. The van der Waals surface area contributed by atoms with Gasteiger partial charge in [0.1, 0.15) is 11.4 Å². The van der Waals surface area contributed by atoms with Crippen molar-refractivity contribution < 1.29 is 13.2 Å². The molecule has 0 amide bonds. The molecule has 0 fully saturated rings. The van der Waals surface area contributed by atoms with E-state index in [1.54, 1.807) is 7.05 Å². The maximum atomic E-state index is 11.4. The fourth-order valence-corrected chi connectivity index (χ4v) is 2.29. The van der Waals surface area contributed by atoms with Crippen molar-refractivity contribution in [3.05, 3.63) is 35.4 Å². The van der Waals surface area contributed by atoms with Crippen molar-refractivity contribution in [1.82, 2.24) is 4.31 Å². The molecule has 1 aliphatic heterocycles. The van der Waals surface area contributed by atoms with Crippen LogP contribution in [0.4, 0.5) is 0 Å². The van der Waals surface area contributed by atoms with Gasteiger partial charge in [0.25, 0.3) is 0 Å². The minimum Gasteiger partial charge on any atom is -0.483 e. The average Bonchev–Trinajstić information content (AvgIpc) is 2.27. The summed E-state index contributed by atoms with van der Waals surface area (Å²) in [6.45, 7) is 4.36. The van der Waals surface area contributed by atoms with Crippen molar-refractivity contribution in [2.75, 3.05) is 13.3 Å². The third-order valence-electron chi connectivity index (χ3n) is 3.08. The predicted molar refractivity (Wildman–Crippen MR) is 76.5 cm³/mol. The molecule has 0 saturated heterocycles. The lowest BCUT2D eigenvalue weighted by Gasteiger charge is -2.28. The van der Waals surface area contributed by atoms with Crippen molar-refractivity contribution in [3.63, 3.8) is 0 Å². The van der Waals surface area contributed by atoms with Crippen LogP contribution in [0.3, 0.4) is 0 Å². The third kappa shape index (κ3) is 3.36. The predicted octanol–water partition coefficient (Wildman–Crippen LogP) is 2.26. The number of hydrogen-bond acceptors (Lipinski definition) is 3. The van der Waals surface area contributed by atoms with Gasteiger partial charge < -0.3 is 4.74 Å². The second-order valence-corrected chi connectivity index (χ2v) is 7.52. The summed E-state index contributed by atoms with van der Waals surface area (Å²) in [6, 6.07) is 5.75. The molecule has 0 atom stereocenters. The van der Waals surface area contributed by atoms with Gasteiger partial charge >= 0.3 is 0 Å². The SMILES string of the molecule is CN(Cc1ccc2c(c1)C=CC(C)(C)O2)S(C)(=O)=O. The first kappa shape index (κ1) is 14.1. The van der Waals surface area contributed by atoms with Gasteiger partial charge in [-0.2, -0.15) is 0 Å². The van der Waals surface area contributed by atoms with Gasteiger partial charge in [0.05, 0.1) is 6.26 Å². The van der Waals surface area contributed by atoms with Crippen molar-refractivity contribution >= 4 is 16.1 Å². The Balaban J connectivity index is 2.24.